The smallest absolute Gasteiger partial charge is 0.261 e. The Kier molecular flexibility index (Phi) is 3.37. The Bertz CT molecular complexity index is 824. The predicted molar refractivity (Wildman–Crippen MR) is 88.5 cm³/mol. The standard InChI is InChI=1S/C16H14BrN5O/c17-12-4-2-11(3-5-12)16(6-1-7-16)14-21-13(23-22-14)10-8-19-15(18)20-9-10/h2-5,8-9H,1,6-7H2,(H2,18,19,20). The molecule has 0 spiro atoms. The Morgan fingerprint density at radius 2 is 1.78 bits per heavy atom. The van der Waals surface area contributed by atoms with E-state index in [0.29, 0.717) is 11.5 Å². The van der Waals surface area contributed by atoms with E-state index in [1.165, 1.54) is 5.56 Å². The normalized spacial score (nSPS) is 16.0. The summed E-state index contributed by atoms with van der Waals surface area (Å²) in [5.74, 6) is 1.36. The highest BCUT2D eigenvalue weighted by atomic mass is 79.9. The summed E-state index contributed by atoms with van der Waals surface area (Å²) in [6.07, 6.45) is 6.38. The van der Waals surface area contributed by atoms with Crippen LogP contribution >= 0.6 is 15.9 Å². The lowest BCUT2D eigenvalue weighted by Crippen LogP contribution is -2.36. The van der Waals surface area contributed by atoms with Crippen LogP contribution in [0, 0.1) is 0 Å². The molecular formula is C16H14BrN5O. The van der Waals surface area contributed by atoms with E-state index in [1.54, 1.807) is 12.4 Å². The first-order chi connectivity index (χ1) is 11.2. The van der Waals surface area contributed by atoms with Crippen LogP contribution in [0.25, 0.3) is 11.5 Å². The zero-order valence-corrected chi connectivity index (χ0v) is 13.8. The third-order valence-corrected chi connectivity index (χ3v) is 4.91. The molecule has 1 aromatic carbocycles. The maximum Gasteiger partial charge on any atom is 0.261 e. The number of nitrogen functional groups attached to an aromatic ring is 1. The van der Waals surface area contributed by atoms with Gasteiger partial charge in [-0.05, 0) is 30.5 Å². The third kappa shape index (κ3) is 2.41. The van der Waals surface area contributed by atoms with E-state index >= 15 is 0 Å². The van der Waals surface area contributed by atoms with Crippen LogP contribution in [0.3, 0.4) is 0 Å². The molecule has 2 heterocycles. The van der Waals surface area contributed by atoms with Crippen molar-refractivity contribution in [2.24, 2.45) is 0 Å². The summed E-state index contributed by atoms with van der Waals surface area (Å²) in [4.78, 5) is 12.5. The van der Waals surface area contributed by atoms with Crippen molar-refractivity contribution in [2.75, 3.05) is 5.73 Å². The molecule has 0 bridgehead atoms. The van der Waals surface area contributed by atoms with Gasteiger partial charge in [-0.3, -0.25) is 0 Å². The van der Waals surface area contributed by atoms with Crippen LogP contribution in [0.1, 0.15) is 30.7 Å². The highest BCUT2D eigenvalue weighted by Gasteiger charge is 2.44. The quantitative estimate of drug-likeness (QED) is 0.758. The summed E-state index contributed by atoms with van der Waals surface area (Å²) < 4.78 is 6.49. The minimum absolute atomic E-state index is 0.156. The Labute approximate surface area is 141 Å². The van der Waals surface area contributed by atoms with E-state index < -0.39 is 0 Å². The largest absolute Gasteiger partial charge is 0.368 e. The van der Waals surface area contributed by atoms with Crippen molar-refractivity contribution in [3.8, 4) is 11.5 Å². The number of hydrogen-bond donors (Lipinski definition) is 1. The molecule has 0 amide bonds. The summed E-state index contributed by atoms with van der Waals surface area (Å²) in [6, 6.07) is 8.33. The first-order valence-electron chi connectivity index (χ1n) is 7.35. The first kappa shape index (κ1) is 14.3. The fraction of sp³-hybridized carbons (Fsp3) is 0.250. The highest BCUT2D eigenvalue weighted by Crippen LogP contribution is 2.48. The molecule has 0 saturated heterocycles. The average molecular weight is 372 g/mol. The maximum atomic E-state index is 5.51. The zero-order chi connectivity index (χ0) is 15.9. The van der Waals surface area contributed by atoms with Crippen LogP contribution in [0.5, 0.6) is 0 Å². The first-order valence-corrected chi connectivity index (χ1v) is 8.15. The van der Waals surface area contributed by atoms with Gasteiger partial charge < -0.3 is 10.3 Å². The summed E-state index contributed by atoms with van der Waals surface area (Å²) in [5, 5.41) is 4.22. The molecule has 3 aromatic rings. The number of anilines is 1. The minimum Gasteiger partial charge on any atom is -0.368 e. The van der Waals surface area contributed by atoms with Gasteiger partial charge in [0.05, 0.1) is 11.0 Å². The molecule has 1 aliphatic rings. The molecule has 1 saturated carbocycles. The Morgan fingerprint density at radius 3 is 2.39 bits per heavy atom. The molecule has 23 heavy (non-hydrogen) atoms. The summed E-state index contributed by atoms with van der Waals surface area (Å²) >= 11 is 3.48. The van der Waals surface area contributed by atoms with Crippen LogP contribution < -0.4 is 5.73 Å². The minimum atomic E-state index is -0.156. The lowest BCUT2D eigenvalue weighted by molar-refractivity contribution is 0.273. The van der Waals surface area contributed by atoms with Gasteiger partial charge in [-0.2, -0.15) is 4.98 Å². The lowest BCUT2D eigenvalue weighted by atomic mass is 9.64. The van der Waals surface area contributed by atoms with Crippen molar-refractivity contribution in [3.05, 3.63) is 52.5 Å². The lowest BCUT2D eigenvalue weighted by Gasteiger charge is -2.39. The number of nitrogens with two attached hydrogens (primary N) is 1. The van der Waals surface area contributed by atoms with Crippen LogP contribution in [-0.4, -0.2) is 20.1 Å². The number of aromatic nitrogens is 4. The van der Waals surface area contributed by atoms with E-state index in [2.05, 4.69) is 48.2 Å². The van der Waals surface area contributed by atoms with E-state index in [4.69, 9.17) is 10.3 Å². The van der Waals surface area contributed by atoms with Crippen molar-refractivity contribution in [1.82, 2.24) is 20.1 Å². The Morgan fingerprint density at radius 1 is 1.09 bits per heavy atom. The molecular weight excluding hydrogens is 358 g/mol. The molecule has 4 rings (SSSR count). The van der Waals surface area contributed by atoms with Gasteiger partial charge in [-0.15, -0.1) is 0 Å². The van der Waals surface area contributed by atoms with Gasteiger partial charge in [0.15, 0.2) is 5.82 Å². The molecule has 1 fully saturated rings. The zero-order valence-electron chi connectivity index (χ0n) is 12.2. The van der Waals surface area contributed by atoms with Gasteiger partial charge in [0.25, 0.3) is 5.89 Å². The van der Waals surface area contributed by atoms with Crippen LogP contribution in [0.4, 0.5) is 5.95 Å². The molecule has 2 aromatic heterocycles. The number of nitrogens with zero attached hydrogens (tertiary/aromatic N) is 4. The average Bonchev–Trinajstić information content (AvgIpc) is 2.99. The van der Waals surface area contributed by atoms with Crippen LogP contribution in [0.2, 0.25) is 0 Å². The molecule has 7 heteroatoms. The van der Waals surface area contributed by atoms with Crippen molar-refractivity contribution in [3.63, 3.8) is 0 Å². The van der Waals surface area contributed by atoms with Gasteiger partial charge in [-0.1, -0.05) is 39.6 Å². The number of rotatable bonds is 3. The van der Waals surface area contributed by atoms with Crippen molar-refractivity contribution < 1.29 is 4.52 Å². The topological polar surface area (TPSA) is 90.7 Å². The van der Waals surface area contributed by atoms with Gasteiger partial charge in [0, 0.05) is 16.9 Å². The second-order valence-corrected chi connectivity index (χ2v) is 6.61. The van der Waals surface area contributed by atoms with Crippen molar-refractivity contribution in [2.45, 2.75) is 24.7 Å². The predicted octanol–water partition coefficient (Wildman–Crippen LogP) is 3.34. The van der Waals surface area contributed by atoms with Crippen molar-refractivity contribution in [1.29, 1.82) is 0 Å². The van der Waals surface area contributed by atoms with Crippen LogP contribution in [-0.2, 0) is 5.41 Å². The molecule has 2 N–H and O–H groups in total. The monoisotopic (exact) mass is 371 g/mol. The van der Waals surface area contributed by atoms with E-state index in [9.17, 15) is 0 Å². The fourth-order valence-electron chi connectivity index (χ4n) is 2.92. The molecule has 6 nitrogen and oxygen atoms in total. The van der Waals surface area contributed by atoms with Gasteiger partial charge in [0.1, 0.15) is 0 Å². The van der Waals surface area contributed by atoms with Gasteiger partial charge >= 0.3 is 0 Å². The molecule has 1 aliphatic carbocycles. The van der Waals surface area contributed by atoms with E-state index in [1.807, 2.05) is 12.1 Å². The number of halogens is 1. The third-order valence-electron chi connectivity index (χ3n) is 4.38. The Hall–Kier alpha value is -2.28. The summed E-state index contributed by atoms with van der Waals surface area (Å²) in [7, 11) is 0. The molecule has 0 aliphatic heterocycles. The molecule has 0 atom stereocenters. The SMILES string of the molecule is Nc1ncc(-c2nc(C3(c4ccc(Br)cc4)CCC3)no2)cn1. The molecule has 116 valence electrons. The van der Waals surface area contributed by atoms with Crippen molar-refractivity contribution >= 4 is 21.9 Å². The molecule has 0 radical (unpaired) electrons. The van der Waals surface area contributed by atoms with Gasteiger partial charge in [0.2, 0.25) is 5.95 Å². The second-order valence-electron chi connectivity index (χ2n) is 5.70. The summed E-state index contributed by atoms with van der Waals surface area (Å²) in [6.45, 7) is 0. The second kappa shape index (κ2) is 5.42. The van der Waals surface area contributed by atoms with Crippen LogP contribution in [0.15, 0.2) is 45.7 Å². The van der Waals surface area contributed by atoms with E-state index in [0.717, 1.165) is 29.6 Å². The fourth-order valence-corrected chi connectivity index (χ4v) is 3.19. The Balaban J connectivity index is 1.72. The number of hydrogen-bond acceptors (Lipinski definition) is 6. The number of benzene rings is 1. The maximum absolute atomic E-state index is 5.51. The van der Waals surface area contributed by atoms with E-state index in [-0.39, 0.29) is 11.4 Å². The van der Waals surface area contributed by atoms with Gasteiger partial charge in [-0.25, -0.2) is 9.97 Å². The highest BCUT2D eigenvalue weighted by molar-refractivity contribution is 9.10. The summed E-state index contributed by atoms with van der Waals surface area (Å²) in [5.41, 5.74) is 7.23. The molecule has 0 unspecified atom stereocenters.